The molecule has 0 radical (unpaired) electrons. The van der Waals surface area contributed by atoms with Gasteiger partial charge in [-0.25, -0.2) is 9.18 Å². The van der Waals surface area contributed by atoms with Crippen LogP contribution in [0.1, 0.15) is 39.2 Å². The fourth-order valence-electron chi connectivity index (χ4n) is 3.18. The summed E-state index contributed by atoms with van der Waals surface area (Å²) in [5.74, 6) is -2.25. The van der Waals surface area contributed by atoms with Crippen LogP contribution in [0.5, 0.6) is 5.75 Å². The number of hydrogen-bond acceptors (Lipinski definition) is 4. The lowest BCUT2D eigenvalue weighted by molar-refractivity contribution is -0.386. The Morgan fingerprint density at radius 1 is 1.44 bits per heavy atom. The Hall–Kier alpha value is -2.64. The van der Waals surface area contributed by atoms with Crippen molar-refractivity contribution in [2.24, 2.45) is 11.3 Å². The van der Waals surface area contributed by atoms with Gasteiger partial charge in [0.05, 0.1) is 4.92 Å². The number of phenolic OH excluding ortho intramolecular Hbond substituents is 1. The number of amides is 1. The van der Waals surface area contributed by atoms with Crippen LogP contribution in [0.15, 0.2) is 17.8 Å². The third-order valence-corrected chi connectivity index (χ3v) is 4.40. The van der Waals surface area contributed by atoms with Crippen molar-refractivity contribution in [3.8, 4) is 5.75 Å². The lowest BCUT2D eigenvalue weighted by atomic mass is 9.73. The molecule has 1 heterocycles. The van der Waals surface area contributed by atoms with Crippen LogP contribution in [0.25, 0.3) is 6.08 Å². The molecule has 1 aliphatic heterocycles. The van der Waals surface area contributed by atoms with Crippen molar-refractivity contribution in [1.82, 2.24) is 4.90 Å². The number of nitrogens with zero attached hydrogens (tertiary/aromatic N) is 2. The van der Waals surface area contributed by atoms with E-state index in [4.69, 9.17) is 0 Å². The third-order valence-electron chi connectivity index (χ3n) is 4.40. The summed E-state index contributed by atoms with van der Waals surface area (Å²) in [5.41, 5.74) is -0.372. The SMILES string of the molecule is CC(C)(C)C1CCCN(C(=O)O)C1=Cc1cc(F)c(O)c([N+](=O)[O-])c1. The number of nitro groups is 1. The Morgan fingerprint density at radius 2 is 2.08 bits per heavy atom. The highest BCUT2D eigenvalue weighted by Crippen LogP contribution is 2.41. The summed E-state index contributed by atoms with van der Waals surface area (Å²) in [7, 11) is 0. The number of benzene rings is 1. The van der Waals surface area contributed by atoms with Crippen LogP contribution in [-0.4, -0.2) is 32.7 Å². The van der Waals surface area contributed by atoms with Gasteiger partial charge >= 0.3 is 11.8 Å². The molecule has 1 atom stereocenters. The average Bonchev–Trinajstić information content (AvgIpc) is 2.49. The minimum atomic E-state index is -1.12. The van der Waals surface area contributed by atoms with E-state index in [1.807, 2.05) is 20.8 Å². The zero-order valence-electron chi connectivity index (χ0n) is 14.3. The van der Waals surface area contributed by atoms with Crippen LogP contribution in [-0.2, 0) is 0 Å². The average molecular weight is 352 g/mol. The molecule has 1 aromatic carbocycles. The molecule has 1 fully saturated rings. The predicted molar refractivity (Wildman–Crippen MR) is 89.6 cm³/mol. The summed E-state index contributed by atoms with van der Waals surface area (Å²) in [6.07, 6.45) is 1.81. The fourth-order valence-corrected chi connectivity index (χ4v) is 3.18. The maximum atomic E-state index is 13.8. The second-order valence-corrected chi connectivity index (χ2v) is 7.19. The Labute approximate surface area is 144 Å². The molecule has 0 aromatic heterocycles. The quantitative estimate of drug-likeness (QED) is 0.613. The van der Waals surface area contributed by atoms with Crippen LogP contribution in [0.3, 0.4) is 0 Å². The molecule has 0 spiro atoms. The van der Waals surface area contributed by atoms with Gasteiger partial charge in [0, 0.05) is 24.2 Å². The van der Waals surface area contributed by atoms with E-state index in [2.05, 4.69) is 0 Å². The maximum Gasteiger partial charge on any atom is 0.411 e. The highest BCUT2D eigenvalue weighted by Gasteiger charge is 2.36. The molecule has 136 valence electrons. The monoisotopic (exact) mass is 352 g/mol. The van der Waals surface area contributed by atoms with Crippen LogP contribution in [0.2, 0.25) is 0 Å². The number of carboxylic acid groups (broad SMARTS) is 1. The number of nitro benzene ring substituents is 1. The molecule has 1 saturated heterocycles. The smallest absolute Gasteiger partial charge is 0.411 e. The topological polar surface area (TPSA) is 104 Å². The predicted octanol–water partition coefficient (Wildman–Crippen LogP) is 4.22. The van der Waals surface area contributed by atoms with Crippen molar-refractivity contribution in [3.63, 3.8) is 0 Å². The summed E-state index contributed by atoms with van der Waals surface area (Å²) < 4.78 is 13.8. The number of aromatic hydroxyl groups is 1. The number of halogens is 1. The number of phenols is 1. The van der Waals surface area contributed by atoms with Crippen molar-refractivity contribution >= 4 is 17.9 Å². The molecule has 25 heavy (non-hydrogen) atoms. The molecule has 8 heteroatoms. The number of rotatable bonds is 2. The van der Waals surface area contributed by atoms with Gasteiger partial charge in [-0.15, -0.1) is 0 Å². The maximum absolute atomic E-state index is 13.8. The van der Waals surface area contributed by atoms with Crippen LogP contribution in [0, 0.1) is 27.3 Å². The number of hydrogen-bond donors (Lipinski definition) is 2. The number of allylic oxidation sites excluding steroid dienone is 1. The van der Waals surface area contributed by atoms with Gasteiger partial charge in [0.2, 0.25) is 5.75 Å². The first-order valence-corrected chi connectivity index (χ1v) is 7.91. The Morgan fingerprint density at radius 3 is 2.60 bits per heavy atom. The molecule has 2 rings (SSSR count). The van der Waals surface area contributed by atoms with Gasteiger partial charge < -0.3 is 10.2 Å². The molecule has 1 aromatic rings. The molecular formula is C17H21FN2O5. The van der Waals surface area contributed by atoms with Crippen molar-refractivity contribution in [3.05, 3.63) is 39.3 Å². The standard InChI is InChI=1S/C17H21FN2O5/c1-17(2,3)11-5-4-6-19(16(22)23)13(11)8-10-7-12(18)15(21)14(9-10)20(24)25/h7-9,11,21H,4-6H2,1-3H3,(H,22,23). The highest BCUT2D eigenvalue weighted by atomic mass is 19.1. The van der Waals surface area contributed by atoms with Gasteiger partial charge in [-0.2, -0.15) is 0 Å². The summed E-state index contributed by atoms with van der Waals surface area (Å²) in [6.45, 7) is 6.26. The third kappa shape index (κ3) is 3.89. The number of carbonyl (C=O) groups is 1. The van der Waals surface area contributed by atoms with E-state index in [0.29, 0.717) is 18.7 Å². The largest absolute Gasteiger partial charge is 0.500 e. The van der Waals surface area contributed by atoms with Gasteiger partial charge in [0.1, 0.15) is 0 Å². The first kappa shape index (κ1) is 18.7. The van der Waals surface area contributed by atoms with Crippen molar-refractivity contribution in [1.29, 1.82) is 0 Å². The van der Waals surface area contributed by atoms with E-state index in [1.165, 1.54) is 11.0 Å². The summed E-state index contributed by atoms with van der Waals surface area (Å²) >= 11 is 0. The number of likely N-dealkylation sites (tertiary alicyclic amines) is 1. The van der Waals surface area contributed by atoms with E-state index in [9.17, 15) is 29.5 Å². The molecule has 0 saturated carbocycles. The van der Waals surface area contributed by atoms with Gasteiger partial charge in [-0.1, -0.05) is 20.8 Å². The molecule has 2 N–H and O–H groups in total. The number of piperidine rings is 1. The van der Waals surface area contributed by atoms with E-state index in [1.54, 1.807) is 0 Å². The van der Waals surface area contributed by atoms with Crippen molar-refractivity contribution in [2.45, 2.75) is 33.6 Å². The molecule has 1 aliphatic rings. The van der Waals surface area contributed by atoms with E-state index < -0.39 is 28.3 Å². The summed E-state index contributed by atoms with van der Waals surface area (Å²) in [6, 6.07) is 2.00. The zero-order chi connectivity index (χ0) is 18.9. The molecule has 7 nitrogen and oxygen atoms in total. The lowest BCUT2D eigenvalue weighted by Crippen LogP contribution is -2.41. The van der Waals surface area contributed by atoms with Crippen molar-refractivity contribution in [2.75, 3.05) is 6.54 Å². The minimum absolute atomic E-state index is 0.103. The van der Waals surface area contributed by atoms with Crippen molar-refractivity contribution < 1.29 is 24.3 Å². The van der Waals surface area contributed by atoms with E-state index in [-0.39, 0.29) is 16.9 Å². The first-order chi connectivity index (χ1) is 11.5. The lowest BCUT2D eigenvalue weighted by Gasteiger charge is -2.41. The molecule has 1 unspecified atom stereocenters. The van der Waals surface area contributed by atoms with Gasteiger partial charge in [-0.05, 0) is 36.0 Å². The van der Waals surface area contributed by atoms with Gasteiger partial charge in [-0.3, -0.25) is 15.0 Å². The molecular weight excluding hydrogens is 331 g/mol. The fraction of sp³-hybridized carbons (Fsp3) is 0.471. The van der Waals surface area contributed by atoms with Crippen LogP contribution >= 0.6 is 0 Å². The normalized spacial score (nSPS) is 19.9. The molecule has 0 bridgehead atoms. The Bertz CT molecular complexity index is 739. The van der Waals surface area contributed by atoms with Crippen LogP contribution < -0.4 is 0 Å². The zero-order valence-corrected chi connectivity index (χ0v) is 14.3. The molecule has 1 amide bonds. The highest BCUT2D eigenvalue weighted by molar-refractivity contribution is 5.71. The van der Waals surface area contributed by atoms with E-state index in [0.717, 1.165) is 18.6 Å². The minimum Gasteiger partial charge on any atom is -0.500 e. The summed E-state index contributed by atoms with van der Waals surface area (Å²) in [5, 5.41) is 29.9. The van der Waals surface area contributed by atoms with E-state index >= 15 is 0 Å². The summed E-state index contributed by atoms with van der Waals surface area (Å²) in [4.78, 5) is 22.9. The second kappa shape index (κ2) is 6.70. The van der Waals surface area contributed by atoms with Gasteiger partial charge in [0.25, 0.3) is 0 Å². The Kier molecular flexibility index (Phi) is 5.01. The Balaban J connectivity index is 2.60. The van der Waals surface area contributed by atoms with Gasteiger partial charge in [0.15, 0.2) is 5.82 Å². The second-order valence-electron chi connectivity index (χ2n) is 7.19. The molecule has 0 aliphatic carbocycles. The van der Waals surface area contributed by atoms with Crippen LogP contribution in [0.4, 0.5) is 14.9 Å². The first-order valence-electron chi connectivity index (χ1n) is 7.91.